The fraction of sp³-hybridized carbons (Fsp3) is 0.250. The summed E-state index contributed by atoms with van der Waals surface area (Å²) in [6.45, 7) is 0. The van der Waals surface area contributed by atoms with Gasteiger partial charge in [-0.2, -0.15) is 0 Å². The molecule has 0 saturated heterocycles. The van der Waals surface area contributed by atoms with Gasteiger partial charge in [-0.3, -0.25) is 0 Å². The SMILES string of the molecule is COc1ccccc1CC(O)Cc1ccc(Cl)cc1F. The molecular weight excluding hydrogens is 279 g/mol. The van der Waals surface area contributed by atoms with E-state index in [0.29, 0.717) is 17.0 Å². The predicted molar refractivity (Wildman–Crippen MR) is 77.8 cm³/mol. The number of aliphatic hydroxyl groups is 1. The van der Waals surface area contributed by atoms with Crippen LogP contribution in [0.5, 0.6) is 5.75 Å². The summed E-state index contributed by atoms with van der Waals surface area (Å²) in [6.07, 6.45) is -0.0328. The zero-order chi connectivity index (χ0) is 14.5. The highest BCUT2D eigenvalue weighted by atomic mass is 35.5. The molecule has 0 heterocycles. The number of ether oxygens (including phenoxy) is 1. The van der Waals surface area contributed by atoms with E-state index in [2.05, 4.69) is 0 Å². The molecule has 2 nitrogen and oxygen atoms in total. The summed E-state index contributed by atoms with van der Waals surface area (Å²) in [5.41, 5.74) is 1.36. The maximum absolute atomic E-state index is 13.7. The Labute approximate surface area is 122 Å². The highest BCUT2D eigenvalue weighted by Crippen LogP contribution is 2.21. The standard InChI is InChI=1S/C16H16ClFO2/c1-20-16-5-3-2-4-12(16)9-14(19)8-11-6-7-13(17)10-15(11)18/h2-7,10,14,19H,8-9H2,1H3. The van der Waals surface area contributed by atoms with Gasteiger partial charge < -0.3 is 9.84 Å². The molecule has 4 heteroatoms. The molecule has 0 saturated carbocycles. The third kappa shape index (κ3) is 3.71. The number of methoxy groups -OCH3 is 1. The first-order valence-electron chi connectivity index (χ1n) is 6.34. The molecule has 2 aromatic rings. The van der Waals surface area contributed by atoms with E-state index in [9.17, 15) is 9.50 Å². The average molecular weight is 295 g/mol. The smallest absolute Gasteiger partial charge is 0.127 e. The minimum absolute atomic E-state index is 0.237. The molecule has 0 aromatic heterocycles. The monoisotopic (exact) mass is 294 g/mol. The fourth-order valence-electron chi connectivity index (χ4n) is 2.14. The molecule has 20 heavy (non-hydrogen) atoms. The number of benzene rings is 2. The second-order valence-corrected chi connectivity index (χ2v) is 5.05. The largest absolute Gasteiger partial charge is 0.496 e. The normalized spacial score (nSPS) is 12.2. The first-order chi connectivity index (χ1) is 9.60. The van der Waals surface area contributed by atoms with Crippen molar-refractivity contribution in [3.05, 3.63) is 64.4 Å². The van der Waals surface area contributed by atoms with Crippen molar-refractivity contribution in [2.24, 2.45) is 0 Å². The molecule has 0 radical (unpaired) electrons. The van der Waals surface area contributed by atoms with Gasteiger partial charge in [-0.25, -0.2) is 4.39 Å². The number of halogens is 2. The minimum Gasteiger partial charge on any atom is -0.496 e. The Balaban J connectivity index is 2.07. The van der Waals surface area contributed by atoms with Crippen LogP contribution in [0.2, 0.25) is 5.02 Å². The molecule has 0 aliphatic rings. The minimum atomic E-state index is -0.679. The van der Waals surface area contributed by atoms with E-state index in [-0.39, 0.29) is 6.42 Å². The lowest BCUT2D eigenvalue weighted by Crippen LogP contribution is -2.15. The summed E-state index contributed by atoms with van der Waals surface area (Å²) in [5, 5.41) is 10.5. The molecule has 0 amide bonds. The third-order valence-corrected chi connectivity index (χ3v) is 3.35. The Kier molecular flexibility index (Phi) is 4.99. The van der Waals surface area contributed by atoms with Gasteiger partial charge in [0.2, 0.25) is 0 Å². The van der Waals surface area contributed by atoms with E-state index in [4.69, 9.17) is 16.3 Å². The van der Waals surface area contributed by atoms with Crippen LogP contribution in [0.15, 0.2) is 42.5 Å². The molecule has 1 atom stereocenters. The maximum Gasteiger partial charge on any atom is 0.127 e. The number of rotatable bonds is 5. The van der Waals surface area contributed by atoms with Crippen LogP contribution in [-0.4, -0.2) is 18.3 Å². The number of aliphatic hydroxyl groups excluding tert-OH is 1. The highest BCUT2D eigenvalue weighted by Gasteiger charge is 2.13. The maximum atomic E-state index is 13.7. The van der Waals surface area contributed by atoms with Crippen molar-refractivity contribution in [3.8, 4) is 5.75 Å². The first kappa shape index (κ1) is 14.8. The molecule has 0 fully saturated rings. The molecule has 2 rings (SSSR count). The molecular formula is C16H16ClFO2. The van der Waals surface area contributed by atoms with Crippen LogP contribution < -0.4 is 4.74 Å². The van der Waals surface area contributed by atoms with Crippen LogP contribution in [0.4, 0.5) is 4.39 Å². The van der Waals surface area contributed by atoms with Gasteiger partial charge in [0, 0.05) is 17.9 Å². The number of para-hydroxylation sites is 1. The van der Waals surface area contributed by atoms with Crippen LogP contribution in [0, 0.1) is 5.82 Å². The Morgan fingerprint density at radius 3 is 2.55 bits per heavy atom. The topological polar surface area (TPSA) is 29.5 Å². The second-order valence-electron chi connectivity index (χ2n) is 4.61. The average Bonchev–Trinajstić information content (AvgIpc) is 2.42. The zero-order valence-corrected chi connectivity index (χ0v) is 11.9. The Morgan fingerprint density at radius 2 is 1.85 bits per heavy atom. The summed E-state index contributed by atoms with van der Waals surface area (Å²) in [5.74, 6) is 0.333. The number of hydrogen-bond donors (Lipinski definition) is 1. The van der Waals surface area contributed by atoms with E-state index in [1.807, 2.05) is 24.3 Å². The van der Waals surface area contributed by atoms with Crippen LogP contribution in [0.1, 0.15) is 11.1 Å². The van der Waals surface area contributed by atoms with Gasteiger partial charge >= 0.3 is 0 Å². The van der Waals surface area contributed by atoms with E-state index in [0.717, 1.165) is 11.3 Å². The molecule has 2 aromatic carbocycles. The van der Waals surface area contributed by atoms with Crippen LogP contribution in [0.3, 0.4) is 0 Å². The third-order valence-electron chi connectivity index (χ3n) is 3.12. The van der Waals surface area contributed by atoms with Crippen LogP contribution >= 0.6 is 11.6 Å². The molecule has 1 unspecified atom stereocenters. The fourth-order valence-corrected chi connectivity index (χ4v) is 2.30. The Hall–Kier alpha value is -1.58. The van der Waals surface area contributed by atoms with Gasteiger partial charge in [0.05, 0.1) is 13.2 Å². The van der Waals surface area contributed by atoms with Crippen molar-refractivity contribution in [1.29, 1.82) is 0 Å². The summed E-state index contributed by atoms with van der Waals surface area (Å²) in [6, 6.07) is 12.0. The lowest BCUT2D eigenvalue weighted by atomic mass is 10.0. The number of hydrogen-bond acceptors (Lipinski definition) is 2. The van der Waals surface area contributed by atoms with Gasteiger partial charge in [-0.1, -0.05) is 35.9 Å². The summed E-state index contributed by atoms with van der Waals surface area (Å²) >= 11 is 5.70. The zero-order valence-electron chi connectivity index (χ0n) is 11.1. The quantitative estimate of drug-likeness (QED) is 0.912. The van der Waals surface area contributed by atoms with Crippen molar-refractivity contribution >= 4 is 11.6 Å². The van der Waals surface area contributed by atoms with Gasteiger partial charge in [0.15, 0.2) is 0 Å². The predicted octanol–water partition coefficient (Wildman–Crippen LogP) is 3.63. The van der Waals surface area contributed by atoms with Crippen molar-refractivity contribution < 1.29 is 14.2 Å². The van der Waals surface area contributed by atoms with Crippen molar-refractivity contribution in [3.63, 3.8) is 0 Å². The molecule has 0 bridgehead atoms. The van der Waals surface area contributed by atoms with Crippen molar-refractivity contribution in [2.45, 2.75) is 18.9 Å². The van der Waals surface area contributed by atoms with Gasteiger partial charge in [0.25, 0.3) is 0 Å². The highest BCUT2D eigenvalue weighted by molar-refractivity contribution is 6.30. The summed E-state index contributed by atoms with van der Waals surface area (Å²) in [4.78, 5) is 0. The van der Waals surface area contributed by atoms with Gasteiger partial charge in [-0.05, 0) is 29.3 Å². The van der Waals surface area contributed by atoms with E-state index < -0.39 is 11.9 Å². The van der Waals surface area contributed by atoms with Gasteiger partial charge in [0.1, 0.15) is 11.6 Å². The van der Waals surface area contributed by atoms with Crippen molar-refractivity contribution in [2.75, 3.05) is 7.11 Å². The molecule has 0 spiro atoms. The lowest BCUT2D eigenvalue weighted by molar-refractivity contribution is 0.173. The van der Waals surface area contributed by atoms with E-state index in [1.165, 1.54) is 6.07 Å². The molecule has 106 valence electrons. The molecule has 0 aliphatic heterocycles. The van der Waals surface area contributed by atoms with E-state index in [1.54, 1.807) is 19.2 Å². The summed E-state index contributed by atoms with van der Waals surface area (Å²) in [7, 11) is 1.59. The van der Waals surface area contributed by atoms with E-state index >= 15 is 0 Å². The summed E-state index contributed by atoms with van der Waals surface area (Å²) < 4.78 is 18.9. The Bertz CT molecular complexity index is 586. The lowest BCUT2D eigenvalue weighted by Gasteiger charge is -2.14. The van der Waals surface area contributed by atoms with Gasteiger partial charge in [-0.15, -0.1) is 0 Å². The van der Waals surface area contributed by atoms with Crippen LogP contribution in [-0.2, 0) is 12.8 Å². The second kappa shape index (κ2) is 6.73. The van der Waals surface area contributed by atoms with Crippen LogP contribution in [0.25, 0.3) is 0 Å². The first-order valence-corrected chi connectivity index (χ1v) is 6.72. The Morgan fingerprint density at radius 1 is 1.15 bits per heavy atom. The molecule has 0 aliphatic carbocycles. The van der Waals surface area contributed by atoms with Crippen molar-refractivity contribution in [1.82, 2.24) is 0 Å². The molecule has 1 N–H and O–H groups in total.